The van der Waals surface area contributed by atoms with Crippen LogP contribution < -0.4 is 4.72 Å². The smallest absolute Gasteiger partial charge is 0.263 e. The van der Waals surface area contributed by atoms with Gasteiger partial charge in [-0.15, -0.1) is 0 Å². The van der Waals surface area contributed by atoms with Crippen molar-refractivity contribution in [2.75, 3.05) is 13.1 Å². The standard InChI is InChI=1S/C21H25N3O2S/c1-15(2)19(24-12-11-16-7-3-4-8-17(16)14-24)13-22-21-18-9-5-6-10-20(18)27(25,26)23-21/h3-10,15,19H,11-14H2,1-2H3,(H,22,23)/t19-/m1/s1. The van der Waals surface area contributed by atoms with Crippen LogP contribution in [0.2, 0.25) is 0 Å². The molecule has 0 spiro atoms. The maximum Gasteiger partial charge on any atom is 0.263 e. The summed E-state index contributed by atoms with van der Waals surface area (Å²) in [7, 11) is -3.48. The summed E-state index contributed by atoms with van der Waals surface area (Å²) >= 11 is 0. The fraction of sp³-hybridized carbons (Fsp3) is 0.381. The fourth-order valence-corrected chi connectivity index (χ4v) is 5.24. The van der Waals surface area contributed by atoms with Gasteiger partial charge in [-0.3, -0.25) is 14.6 Å². The Kier molecular flexibility index (Phi) is 4.78. The van der Waals surface area contributed by atoms with Crippen LogP contribution >= 0.6 is 0 Å². The van der Waals surface area contributed by atoms with E-state index in [1.807, 2.05) is 12.1 Å². The van der Waals surface area contributed by atoms with Crippen molar-refractivity contribution in [2.45, 2.75) is 37.8 Å². The highest BCUT2D eigenvalue weighted by Gasteiger charge is 2.31. The van der Waals surface area contributed by atoms with Crippen LogP contribution in [-0.2, 0) is 23.0 Å². The highest BCUT2D eigenvalue weighted by Crippen LogP contribution is 2.25. The average molecular weight is 384 g/mol. The summed E-state index contributed by atoms with van der Waals surface area (Å²) in [6.07, 6.45) is 1.05. The minimum Gasteiger partial charge on any atom is -0.294 e. The van der Waals surface area contributed by atoms with Gasteiger partial charge in [0, 0.05) is 24.7 Å². The Labute approximate surface area is 161 Å². The zero-order valence-electron chi connectivity index (χ0n) is 15.7. The van der Waals surface area contributed by atoms with Crippen LogP contribution in [0.1, 0.15) is 30.5 Å². The van der Waals surface area contributed by atoms with Gasteiger partial charge < -0.3 is 0 Å². The maximum absolute atomic E-state index is 12.3. The first-order valence-electron chi connectivity index (χ1n) is 9.43. The SMILES string of the molecule is CC(C)[C@@H](CN=C1NS(=O)(=O)c2ccccc21)N1CCc2ccccc2C1. The second-order valence-corrected chi connectivity index (χ2v) is 9.24. The molecule has 0 saturated carbocycles. The normalized spacial score (nSPS) is 20.9. The van der Waals surface area contributed by atoms with E-state index in [0.29, 0.717) is 28.8 Å². The van der Waals surface area contributed by atoms with Crippen LogP contribution in [0.5, 0.6) is 0 Å². The molecule has 2 aromatic carbocycles. The summed E-state index contributed by atoms with van der Waals surface area (Å²) < 4.78 is 27.2. The molecule has 1 N–H and O–H groups in total. The number of sulfonamides is 1. The molecule has 0 fully saturated rings. The van der Waals surface area contributed by atoms with Gasteiger partial charge in [-0.1, -0.05) is 50.2 Å². The predicted molar refractivity (Wildman–Crippen MR) is 107 cm³/mol. The van der Waals surface area contributed by atoms with Gasteiger partial charge in [-0.05, 0) is 35.6 Å². The lowest BCUT2D eigenvalue weighted by molar-refractivity contribution is 0.145. The molecule has 4 rings (SSSR count). The third-order valence-electron chi connectivity index (χ3n) is 5.50. The zero-order valence-corrected chi connectivity index (χ0v) is 16.5. The Morgan fingerprint density at radius 3 is 2.56 bits per heavy atom. The Balaban J connectivity index is 1.56. The Morgan fingerprint density at radius 1 is 1.07 bits per heavy atom. The highest BCUT2D eigenvalue weighted by atomic mass is 32.2. The molecule has 2 aliphatic heterocycles. The molecule has 5 nitrogen and oxygen atoms in total. The van der Waals surface area contributed by atoms with E-state index in [0.717, 1.165) is 19.5 Å². The summed E-state index contributed by atoms with van der Waals surface area (Å²) in [6, 6.07) is 15.9. The van der Waals surface area contributed by atoms with E-state index in [4.69, 9.17) is 4.99 Å². The molecule has 0 unspecified atom stereocenters. The molecule has 2 aliphatic rings. The lowest BCUT2D eigenvalue weighted by atomic mass is 9.95. The second kappa shape index (κ2) is 7.09. The highest BCUT2D eigenvalue weighted by molar-refractivity contribution is 7.90. The molecular formula is C21H25N3O2S. The van der Waals surface area contributed by atoms with Crippen molar-refractivity contribution in [1.82, 2.24) is 9.62 Å². The van der Waals surface area contributed by atoms with Gasteiger partial charge in [-0.2, -0.15) is 0 Å². The number of benzene rings is 2. The Bertz CT molecular complexity index is 982. The molecular weight excluding hydrogens is 358 g/mol. The summed E-state index contributed by atoms with van der Waals surface area (Å²) in [4.78, 5) is 7.49. The number of rotatable bonds is 4. The molecule has 0 bridgehead atoms. The number of hydrogen-bond donors (Lipinski definition) is 1. The summed E-state index contributed by atoms with van der Waals surface area (Å²) in [6.45, 7) is 6.92. The van der Waals surface area contributed by atoms with Crippen molar-refractivity contribution in [3.63, 3.8) is 0 Å². The number of fused-ring (bicyclic) bond motifs is 2. The molecule has 2 heterocycles. The number of hydrogen-bond acceptors (Lipinski definition) is 4. The van der Waals surface area contributed by atoms with E-state index < -0.39 is 10.0 Å². The molecule has 0 amide bonds. The number of nitrogens with zero attached hydrogens (tertiary/aromatic N) is 2. The summed E-state index contributed by atoms with van der Waals surface area (Å²) in [5.41, 5.74) is 3.48. The van der Waals surface area contributed by atoms with E-state index in [1.165, 1.54) is 11.1 Å². The minimum atomic E-state index is -3.48. The maximum atomic E-state index is 12.3. The van der Waals surface area contributed by atoms with E-state index in [9.17, 15) is 8.42 Å². The van der Waals surface area contributed by atoms with E-state index >= 15 is 0 Å². The van der Waals surface area contributed by atoms with Crippen molar-refractivity contribution in [3.05, 3.63) is 65.2 Å². The van der Waals surface area contributed by atoms with Crippen molar-refractivity contribution < 1.29 is 8.42 Å². The molecule has 0 aliphatic carbocycles. The van der Waals surface area contributed by atoms with Crippen molar-refractivity contribution in [3.8, 4) is 0 Å². The number of nitrogens with one attached hydrogen (secondary N) is 1. The van der Waals surface area contributed by atoms with Crippen LogP contribution in [0, 0.1) is 5.92 Å². The minimum absolute atomic E-state index is 0.267. The molecule has 0 radical (unpaired) electrons. The third kappa shape index (κ3) is 3.51. The molecule has 0 aromatic heterocycles. The molecule has 27 heavy (non-hydrogen) atoms. The first-order valence-corrected chi connectivity index (χ1v) is 10.9. The van der Waals surface area contributed by atoms with Crippen LogP contribution in [0.25, 0.3) is 0 Å². The molecule has 6 heteroatoms. The monoisotopic (exact) mass is 383 g/mol. The van der Waals surface area contributed by atoms with Gasteiger partial charge in [0.25, 0.3) is 10.0 Å². The topological polar surface area (TPSA) is 61.8 Å². The van der Waals surface area contributed by atoms with Crippen LogP contribution in [0.3, 0.4) is 0 Å². The van der Waals surface area contributed by atoms with Gasteiger partial charge >= 0.3 is 0 Å². The van der Waals surface area contributed by atoms with E-state index in [-0.39, 0.29) is 6.04 Å². The quantitative estimate of drug-likeness (QED) is 0.883. The largest absolute Gasteiger partial charge is 0.294 e. The molecule has 142 valence electrons. The van der Waals surface area contributed by atoms with E-state index in [1.54, 1.807) is 12.1 Å². The predicted octanol–water partition coefficient (Wildman–Crippen LogP) is 2.81. The Morgan fingerprint density at radius 2 is 1.78 bits per heavy atom. The molecule has 1 atom stereocenters. The lowest BCUT2D eigenvalue weighted by Crippen LogP contribution is -2.44. The first-order chi connectivity index (χ1) is 13.0. The van der Waals surface area contributed by atoms with Crippen molar-refractivity contribution >= 4 is 15.9 Å². The lowest BCUT2D eigenvalue weighted by Gasteiger charge is -2.37. The van der Waals surface area contributed by atoms with Gasteiger partial charge in [-0.25, -0.2) is 8.42 Å². The zero-order chi connectivity index (χ0) is 19.0. The van der Waals surface area contributed by atoms with Gasteiger partial charge in [0.05, 0.1) is 11.4 Å². The van der Waals surface area contributed by atoms with Crippen LogP contribution in [0.15, 0.2) is 58.4 Å². The summed E-state index contributed by atoms with van der Waals surface area (Å²) in [5.74, 6) is 0.890. The van der Waals surface area contributed by atoms with Gasteiger partial charge in [0.15, 0.2) is 0 Å². The Hall–Kier alpha value is -2.18. The number of amidine groups is 1. The molecule has 2 aromatic rings. The van der Waals surface area contributed by atoms with Gasteiger partial charge in [0.1, 0.15) is 5.84 Å². The van der Waals surface area contributed by atoms with E-state index in [2.05, 4.69) is 47.7 Å². The van der Waals surface area contributed by atoms with Crippen molar-refractivity contribution in [2.24, 2.45) is 10.9 Å². The third-order valence-corrected chi connectivity index (χ3v) is 6.90. The first kappa shape index (κ1) is 18.2. The average Bonchev–Trinajstić information content (AvgIpc) is 2.92. The van der Waals surface area contributed by atoms with Crippen molar-refractivity contribution in [1.29, 1.82) is 0 Å². The van der Waals surface area contributed by atoms with Crippen LogP contribution in [-0.4, -0.2) is 38.3 Å². The fourth-order valence-electron chi connectivity index (χ4n) is 3.98. The molecule has 0 saturated heterocycles. The van der Waals surface area contributed by atoms with Gasteiger partial charge in [0.2, 0.25) is 0 Å². The van der Waals surface area contributed by atoms with Crippen LogP contribution in [0.4, 0.5) is 0 Å². The second-order valence-electron chi connectivity index (χ2n) is 7.59. The summed E-state index contributed by atoms with van der Waals surface area (Å²) in [5, 5.41) is 0. The number of aliphatic imine (C=N–C) groups is 1.